The molecule has 1 saturated carbocycles. The van der Waals surface area contributed by atoms with Crippen molar-refractivity contribution in [3.05, 3.63) is 96.8 Å². The standard InChI is InChI=1S/C34H38N2O5/c37-31-23-32(40-25-26-14-16-28(17-15-26)27-9-4-3-5-10-27)30(34(31)36-19-21-39-22-20-36)12-6-1-2-7-13-33(38)41-29-11-8-18-35-24-29/h1,3-6,8-11,14-18,24,30,32,34H,2,7,12-13,19-23,25H2/b6-1-/t30-,32-,34+/m0/s1. The number of allylic oxidation sites excluding steroid dienone is 2. The fourth-order valence-corrected chi connectivity index (χ4v) is 5.66. The SMILES string of the molecule is O=C(CCC/C=C\C[C@H]1[C@@H](OCc2ccc(-c3ccccc3)cc2)CC(=O)[C@@H]1N1CCOCC1)Oc1cccnc1. The van der Waals surface area contributed by atoms with Gasteiger partial charge in [-0.2, -0.15) is 0 Å². The van der Waals surface area contributed by atoms with Gasteiger partial charge in [0.05, 0.1) is 38.2 Å². The number of carbonyl (C=O) groups excluding carboxylic acids is 2. The second kappa shape index (κ2) is 14.8. The summed E-state index contributed by atoms with van der Waals surface area (Å²) in [6, 6.07) is 22.1. The number of hydrogen-bond acceptors (Lipinski definition) is 7. The molecule has 1 aromatic heterocycles. The molecule has 1 aliphatic carbocycles. The molecule has 0 unspecified atom stereocenters. The number of pyridine rings is 1. The van der Waals surface area contributed by atoms with E-state index in [4.69, 9.17) is 14.2 Å². The van der Waals surface area contributed by atoms with Crippen LogP contribution >= 0.6 is 0 Å². The Hall–Kier alpha value is -3.65. The number of rotatable bonds is 12. The molecular weight excluding hydrogens is 516 g/mol. The van der Waals surface area contributed by atoms with E-state index in [2.05, 4.69) is 58.4 Å². The highest BCUT2D eigenvalue weighted by atomic mass is 16.5. The minimum Gasteiger partial charge on any atom is -0.425 e. The third-order valence-electron chi connectivity index (χ3n) is 7.77. The second-order valence-electron chi connectivity index (χ2n) is 10.6. The zero-order valence-corrected chi connectivity index (χ0v) is 23.4. The molecule has 214 valence electrons. The first kappa shape index (κ1) is 28.9. The number of aromatic nitrogens is 1. The first-order chi connectivity index (χ1) is 20.2. The Kier molecular flexibility index (Phi) is 10.4. The maximum Gasteiger partial charge on any atom is 0.311 e. The van der Waals surface area contributed by atoms with Gasteiger partial charge in [-0.25, -0.2) is 0 Å². The minimum absolute atomic E-state index is 0.0796. The molecule has 1 aliphatic heterocycles. The van der Waals surface area contributed by atoms with Crippen LogP contribution in [0.25, 0.3) is 11.1 Å². The molecule has 0 bridgehead atoms. The van der Waals surface area contributed by atoms with Crippen molar-refractivity contribution in [1.82, 2.24) is 9.88 Å². The minimum atomic E-state index is -0.259. The lowest BCUT2D eigenvalue weighted by atomic mass is 9.95. The average Bonchev–Trinajstić information content (AvgIpc) is 3.34. The lowest BCUT2D eigenvalue weighted by Gasteiger charge is -2.35. The van der Waals surface area contributed by atoms with Crippen molar-refractivity contribution in [3.63, 3.8) is 0 Å². The van der Waals surface area contributed by atoms with Gasteiger partial charge in [0, 0.05) is 38.0 Å². The lowest BCUT2D eigenvalue weighted by molar-refractivity contribution is -0.134. The molecule has 0 N–H and O–H groups in total. The maximum atomic E-state index is 13.2. The van der Waals surface area contributed by atoms with Crippen LogP contribution in [0.1, 0.15) is 37.7 Å². The summed E-state index contributed by atoms with van der Waals surface area (Å²) in [6.07, 6.45) is 10.3. The molecule has 2 heterocycles. The summed E-state index contributed by atoms with van der Waals surface area (Å²) in [5.41, 5.74) is 3.46. The molecule has 1 saturated heterocycles. The Balaban J connectivity index is 1.15. The number of Topliss-reactive ketones (excluding diaryl/α,β-unsaturated/α-hetero) is 1. The summed E-state index contributed by atoms with van der Waals surface area (Å²) in [5, 5.41) is 0. The second-order valence-corrected chi connectivity index (χ2v) is 10.6. The van der Waals surface area contributed by atoms with Crippen molar-refractivity contribution in [1.29, 1.82) is 0 Å². The van der Waals surface area contributed by atoms with Gasteiger partial charge in [0.25, 0.3) is 0 Å². The van der Waals surface area contributed by atoms with E-state index in [1.165, 1.54) is 17.3 Å². The number of benzene rings is 2. The normalized spacial score (nSPS) is 21.4. The van der Waals surface area contributed by atoms with Crippen LogP contribution < -0.4 is 4.74 Å². The van der Waals surface area contributed by atoms with E-state index in [1.807, 2.05) is 18.2 Å². The zero-order chi connectivity index (χ0) is 28.3. The van der Waals surface area contributed by atoms with E-state index in [0.29, 0.717) is 44.8 Å². The van der Waals surface area contributed by atoms with Gasteiger partial charge in [0.1, 0.15) is 5.75 Å². The topological polar surface area (TPSA) is 78.0 Å². The quantitative estimate of drug-likeness (QED) is 0.163. The molecule has 0 amide bonds. The third kappa shape index (κ3) is 8.19. The Bertz CT molecular complexity index is 1270. The summed E-state index contributed by atoms with van der Waals surface area (Å²) in [7, 11) is 0. The molecule has 2 aliphatic rings. The van der Waals surface area contributed by atoms with Crippen LogP contribution in [0.15, 0.2) is 91.3 Å². The first-order valence-corrected chi connectivity index (χ1v) is 14.5. The van der Waals surface area contributed by atoms with Crippen molar-refractivity contribution in [2.24, 2.45) is 5.92 Å². The summed E-state index contributed by atoms with van der Waals surface area (Å²) in [6.45, 7) is 3.32. The number of esters is 1. The molecule has 41 heavy (non-hydrogen) atoms. The Labute approximate surface area is 242 Å². The molecule has 5 rings (SSSR count). The Morgan fingerprint density at radius 1 is 0.976 bits per heavy atom. The van der Waals surface area contributed by atoms with Crippen LogP contribution in [-0.4, -0.2) is 60.1 Å². The highest BCUT2D eigenvalue weighted by Crippen LogP contribution is 2.34. The number of morpholine rings is 1. The predicted octanol–water partition coefficient (Wildman–Crippen LogP) is 5.65. The third-order valence-corrected chi connectivity index (χ3v) is 7.77. The molecule has 7 heteroatoms. The molecule has 2 aromatic carbocycles. The summed E-state index contributed by atoms with van der Waals surface area (Å²) >= 11 is 0. The van der Waals surface area contributed by atoms with Gasteiger partial charge in [0.15, 0.2) is 5.78 Å². The van der Waals surface area contributed by atoms with Gasteiger partial charge >= 0.3 is 5.97 Å². The number of unbranched alkanes of at least 4 members (excludes halogenated alkanes) is 1. The Morgan fingerprint density at radius 3 is 2.51 bits per heavy atom. The van der Waals surface area contributed by atoms with Gasteiger partial charge in [-0.15, -0.1) is 0 Å². The number of hydrogen-bond donors (Lipinski definition) is 0. The van der Waals surface area contributed by atoms with Crippen LogP contribution in [0.3, 0.4) is 0 Å². The van der Waals surface area contributed by atoms with Gasteiger partial charge < -0.3 is 14.2 Å². The molecule has 0 radical (unpaired) electrons. The fraction of sp³-hybridized carbons (Fsp3) is 0.382. The fourth-order valence-electron chi connectivity index (χ4n) is 5.66. The zero-order valence-electron chi connectivity index (χ0n) is 23.4. The average molecular weight is 555 g/mol. The van der Waals surface area contributed by atoms with Crippen molar-refractivity contribution in [3.8, 4) is 16.9 Å². The summed E-state index contributed by atoms with van der Waals surface area (Å²) in [4.78, 5) is 31.5. The monoisotopic (exact) mass is 554 g/mol. The van der Waals surface area contributed by atoms with Crippen molar-refractivity contribution < 1.29 is 23.8 Å². The first-order valence-electron chi connectivity index (χ1n) is 14.5. The van der Waals surface area contributed by atoms with E-state index in [-0.39, 0.29) is 29.8 Å². The van der Waals surface area contributed by atoms with Crippen molar-refractivity contribution in [2.45, 2.75) is 50.9 Å². The molecule has 7 nitrogen and oxygen atoms in total. The van der Waals surface area contributed by atoms with E-state index in [0.717, 1.165) is 31.5 Å². The van der Waals surface area contributed by atoms with Crippen LogP contribution in [-0.2, 0) is 25.7 Å². The highest BCUT2D eigenvalue weighted by molar-refractivity contribution is 5.87. The van der Waals surface area contributed by atoms with E-state index in [1.54, 1.807) is 18.3 Å². The van der Waals surface area contributed by atoms with Crippen molar-refractivity contribution in [2.75, 3.05) is 26.3 Å². The maximum absolute atomic E-state index is 13.2. The number of ketones is 1. The van der Waals surface area contributed by atoms with Crippen LogP contribution in [0.2, 0.25) is 0 Å². The molecule has 2 fully saturated rings. The number of ether oxygens (including phenoxy) is 3. The van der Waals surface area contributed by atoms with Crippen LogP contribution in [0.5, 0.6) is 5.75 Å². The Morgan fingerprint density at radius 2 is 1.76 bits per heavy atom. The van der Waals surface area contributed by atoms with Gasteiger partial charge in [-0.05, 0) is 48.1 Å². The van der Waals surface area contributed by atoms with Gasteiger partial charge in [0.2, 0.25) is 0 Å². The largest absolute Gasteiger partial charge is 0.425 e. The van der Waals surface area contributed by atoms with Gasteiger partial charge in [-0.3, -0.25) is 19.5 Å². The van der Waals surface area contributed by atoms with Crippen LogP contribution in [0, 0.1) is 5.92 Å². The summed E-state index contributed by atoms with van der Waals surface area (Å²) in [5.74, 6) is 0.542. The highest BCUT2D eigenvalue weighted by Gasteiger charge is 2.45. The smallest absolute Gasteiger partial charge is 0.311 e. The number of carbonyl (C=O) groups is 2. The predicted molar refractivity (Wildman–Crippen MR) is 157 cm³/mol. The van der Waals surface area contributed by atoms with Crippen LogP contribution in [0.4, 0.5) is 0 Å². The molecular formula is C34H38N2O5. The van der Waals surface area contributed by atoms with E-state index >= 15 is 0 Å². The molecule has 0 spiro atoms. The lowest BCUT2D eigenvalue weighted by Crippen LogP contribution is -2.49. The summed E-state index contributed by atoms with van der Waals surface area (Å²) < 4.78 is 17.3. The number of nitrogens with zero attached hydrogens (tertiary/aromatic N) is 2. The van der Waals surface area contributed by atoms with E-state index < -0.39 is 0 Å². The van der Waals surface area contributed by atoms with E-state index in [9.17, 15) is 9.59 Å². The van der Waals surface area contributed by atoms with Gasteiger partial charge in [-0.1, -0.05) is 66.7 Å². The molecule has 3 aromatic rings. The molecule has 3 atom stereocenters. The van der Waals surface area contributed by atoms with Crippen molar-refractivity contribution >= 4 is 11.8 Å².